The number of hydrogen-bond acceptors (Lipinski definition) is 3. The predicted octanol–water partition coefficient (Wildman–Crippen LogP) is 13.9. The lowest BCUT2D eigenvalue weighted by molar-refractivity contribution is 0.669. The zero-order chi connectivity index (χ0) is 32.3. The zero-order valence-corrected chi connectivity index (χ0v) is 27.3. The first-order chi connectivity index (χ1) is 24.3. The van der Waals surface area contributed by atoms with Gasteiger partial charge in [0.1, 0.15) is 11.2 Å². The van der Waals surface area contributed by atoms with Gasteiger partial charge in [-0.1, -0.05) is 133 Å². The van der Waals surface area contributed by atoms with E-state index in [-0.39, 0.29) is 0 Å². The SMILES string of the molecule is c1ccc(-c2ccccc2-c2ccc(N(c3ccc4c(c3)oc3ccccc34)c3cccc4c3sc3c5ccccc5ccc43)cc2)cc1. The summed E-state index contributed by atoms with van der Waals surface area (Å²) >= 11 is 1.88. The summed E-state index contributed by atoms with van der Waals surface area (Å²) in [7, 11) is 0. The molecule has 0 spiro atoms. The Hall–Kier alpha value is -6.16. The number of anilines is 3. The molecule has 0 radical (unpaired) electrons. The van der Waals surface area contributed by atoms with Crippen LogP contribution in [0.4, 0.5) is 17.1 Å². The van der Waals surface area contributed by atoms with E-state index in [1.54, 1.807) is 0 Å². The third-order valence-electron chi connectivity index (χ3n) is 9.68. The molecule has 8 aromatic carbocycles. The van der Waals surface area contributed by atoms with Crippen LogP contribution in [0.2, 0.25) is 0 Å². The fraction of sp³-hybridized carbons (Fsp3) is 0. The van der Waals surface area contributed by atoms with Gasteiger partial charge in [-0.25, -0.2) is 0 Å². The second-order valence-corrected chi connectivity index (χ2v) is 13.5. The molecule has 230 valence electrons. The maximum atomic E-state index is 6.41. The molecule has 2 nitrogen and oxygen atoms in total. The largest absolute Gasteiger partial charge is 0.456 e. The van der Waals surface area contributed by atoms with Gasteiger partial charge in [-0.05, 0) is 69.4 Å². The summed E-state index contributed by atoms with van der Waals surface area (Å²) in [4.78, 5) is 2.39. The maximum absolute atomic E-state index is 6.41. The highest BCUT2D eigenvalue weighted by atomic mass is 32.1. The Kier molecular flexibility index (Phi) is 6.39. The lowest BCUT2D eigenvalue weighted by atomic mass is 9.94. The molecule has 10 aromatic rings. The van der Waals surface area contributed by atoms with Crippen molar-refractivity contribution < 1.29 is 4.42 Å². The van der Waals surface area contributed by atoms with Crippen molar-refractivity contribution in [3.8, 4) is 22.3 Å². The number of fused-ring (bicyclic) bond motifs is 8. The zero-order valence-electron chi connectivity index (χ0n) is 26.5. The Morgan fingerprint density at radius 1 is 0.388 bits per heavy atom. The summed E-state index contributed by atoms with van der Waals surface area (Å²) in [6.07, 6.45) is 0. The highest BCUT2D eigenvalue weighted by molar-refractivity contribution is 7.27. The summed E-state index contributed by atoms with van der Waals surface area (Å²) in [5.41, 5.74) is 9.92. The number of furan rings is 1. The molecule has 0 saturated heterocycles. The number of para-hydroxylation sites is 1. The summed E-state index contributed by atoms with van der Waals surface area (Å²) < 4.78 is 8.99. The van der Waals surface area contributed by atoms with E-state index in [0.29, 0.717) is 0 Å². The lowest BCUT2D eigenvalue weighted by Crippen LogP contribution is -2.10. The minimum Gasteiger partial charge on any atom is -0.456 e. The van der Waals surface area contributed by atoms with Crippen molar-refractivity contribution in [2.45, 2.75) is 0 Å². The van der Waals surface area contributed by atoms with Crippen LogP contribution in [0.5, 0.6) is 0 Å². The van der Waals surface area contributed by atoms with E-state index in [9.17, 15) is 0 Å². The monoisotopic (exact) mass is 643 g/mol. The van der Waals surface area contributed by atoms with E-state index < -0.39 is 0 Å². The molecular weight excluding hydrogens is 615 g/mol. The Bertz CT molecular complexity index is 2830. The molecule has 0 aliphatic heterocycles. The predicted molar refractivity (Wildman–Crippen MR) is 210 cm³/mol. The van der Waals surface area contributed by atoms with Gasteiger partial charge in [-0.15, -0.1) is 11.3 Å². The van der Waals surface area contributed by atoms with Crippen molar-refractivity contribution in [3.05, 3.63) is 176 Å². The van der Waals surface area contributed by atoms with Crippen molar-refractivity contribution in [2.24, 2.45) is 0 Å². The summed E-state index contributed by atoms with van der Waals surface area (Å²) in [6.45, 7) is 0. The molecule has 0 fully saturated rings. The van der Waals surface area contributed by atoms with Crippen LogP contribution in [0.1, 0.15) is 0 Å². The number of hydrogen-bond donors (Lipinski definition) is 0. The summed E-state index contributed by atoms with van der Waals surface area (Å²) in [5, 5.41) is 7.38. The van der Waals surface area contributed by atoms with Crippen LogP contribution in [0.15, 0.2) is 180 Å². The van der Waals surface area contributed by atoms with Crippen LogP contribution in [-0.4, -0.2) is 0 Å². The molecule has 0 aliphatic rings. The van der Waals surface area contributed by atoms with Crippen LogP contribution in [0.25, 0.3) is 75.1 Å². The molecule has 0 saturated carbocycles. The molecule has 49 heavy (non-hydrogen) atoms. The van der Waals surface area contributed by atoms with Gasteiger partial charge in [0.05, 0.1) is 10.4 Å². The average molecular weight is 644 g/mol. The minimum absolute atomic E-state index is 0.881. The van der Waals surface area contributed by atoms with Crippen LogP contribution in [0.3, 0.4) is 0 Å². The van der Waals surface area contributed by atoms with Crippen LogP contribution in [0, 0.1) is 0 Å². The molecular formula is C46H29NOS. The van der Waals surface area contributed by atoms with E-state index in [0.717, 1.165) is 39.0 Å². The van der Waals surface area contributed by atoms with Gasteiger partial charge in [0, 0.05) is 43.7 Å². The highest BCUT2D eigenvalue weighted by Crippen LogP contribution is 2.47. The van der Waals surface area contributed by atoms with Gasteiger partial charge in [0.2, 0.25) is 0 Å². The fourth-order valence-electron chi connectivity index (χ4n) is 7.36. The molecule has 0 bridgehead atoms. The van der Waals surface area contributed by atoms with E-state index in [4.69, 9.17) is 4.42 Å². The third-order valence-corrected chi connectivity index (χ3v) is 11.0. The number of nitrogens with zero attached hydrogens (tertiary/aromatic N) is 1. The Morgan fingerprint density at radius 2 is 1.00 bits per heavy atom. The van der Waals surface area contributed by atoms with Crippen LogP contribution in [-0.2, 0) is 0 Å². The molecule has 2 aromatic heterocycles. The van der Waals surface area contributed by atoms with Crippen LogP contribution < -0.4 is 4.90 Å². The second-order valence-electron chi connectivity index (χ2n) is 12.5. The lowest BCUT2D eigenvalue weighted by Gasteiger charge is -2.26. The van der Waals surface area contributed by atoms with E-state index in [1.807, 2.05) is 23.5 Å². The Labute approximate surface area is 287 Å². The Morgan fingerprint density at radius 3 is 1.84 bits per heavy atom. The topological polar surface area (TPSA) is 16.4 Å². The van der Waals surface area contributed by atoms with Crippen molar-refractivity contribution >= 4 is 81.3 Å². The standard InChI is InChI=1S/C46H29NOS/c1-2-11-30(12-3-1)35-14-6-7-15-36(35)32-21-24-33(25-22-32)47(34-26-28-39-38-17-8-9-20-43(38)48-44(39)29-34)42-19-10-18-40-41-27-23-31-13-4-5-16-37(31)45(41)49-46(40)42/h1-29H. The van der Waals surface area contributed by atoms with Crippen molar-refractivity contribution in [2.75, 3.05) is 4.90 Å². The van der Waals surface area contributed by atoms with E-state index in [2.05, 4.69) is 169 Å². The molecule has 0 aliphatic carbocycles. The first-order valence-electron chi connectivity index (χ1n) is 16.6. The van der Waals surface area contributed by atoms with Gasteiger partial charge in [-0.3, -0.25) is 0 Å². The van der Waals surface area contributed by atoms with Crippen molar-refractivity contribution in [1.29, 1.82) is 0 Å². The molecule has 2 heterocycles. The van der Waals surface area contributed by atoms with Gasteiger partial charge in [0.15, 0.2) is 0 Å². The smallest absolute Gasteiger partial charge is 0.137 e. The molecule has 10 rings (SSSR count). The quantitative estimate of drug-likeness (QED) is 0.186. The van der Waals surface area contributed by atoms with Gasteiger partial charge in [-0.2, -0.15) is 0 Å². The molecule has 0 unspecified atom stereocenters. The maximum Gasteiger partial charge on any atom is 0.137 e. The molecule has 0 amide bonds. The Balaban J connectivity index is 1.18. The molecule has 0 N–H and O–H groups in total. The summed E-state index contributed by atoms with van der Waals surface area (Å²) in [5.74, 6) is 0. The third kappa shape index (κ3) is 4.55. The van der Waals surface area contributed by atoms with Crippen molar-refractivity contribution in [1.82, 2.24) is 0 Å². The molecule has 3 heteroatoms. The van der Waals surface area contributed by atoms with Gasteiger partial charge >= 0.3 is 0 Å². The van der Waals surface area contributed by atoms with Gasteiger partial charge in [0.25, 0.3) is 0 Å². The number of rotatable bonds is 5. The first kappa shape index (κ1) is 27.9. The number of benzene rings is 8. The van der Waals surface area contributed by atoms with Crippen molar-refractivity contribution in [3.63, 3.8) is 0 Å². The number of thiophene rings is 1. The highest BCUT2D eigenvalue weighted by Gasteiger charge is 2.20. The minimum atomic E-state index is 0.881. The molecule has 0 atom stereocenters. The first-order valence-corrected chi connectivity index (χ1v) is 17.4. The van der Waals surface area contributed by atoms with E-state index in [1.165, 1.54) is 53.2 Å². The second kappa shape index (κ2) is 11.2. The normalized spacial score (nSPS) is 11.7. The fourth-order valence-corrected chi connectivity index (χ4v) is 8.70. The van der Waals surface area contributed by atoms with Crippen LogP contribution >= 0.6 is 11.3 Å². The van der Waals surface area contributed by atoms with E-state index >= 15 is 0 Å². The summed E-state index contributed by atoms with van der Waals surface area (Å²) in [6, 6.07) is 63.1. The average Bonchev–Trinajstić information content (AvgIpc) is 3.75. The van der Waals surface area contributed by atoms with Gasteiger partial charge < -0.3 is 9.32 Å².